The molecule has 0 spiro atoms. The molecular formula is C12H16BrClO. The Balaban J connectivity index is 3.02. The van der Waals surface area contributed by atoms with Crippen LogP contribution in [0.1, 0.15) is 31.2 Å². The molecule has 0 N–H and O–H groups in total. The van der Waals surface area contributed by atoms with Crippen molar-refractivity contribution in [1.82, 2.24) is 0 Å². The lowest BCUT2D eigenvalue weighted by molar-refractivity contribution is 0.404. The predicted molar refractivity (Wildman–Crippen MR) is 69.1 cm³/mol. The third kappa shape index (κ3) is 3.12. The molecular weight excluding hydrogens is 275 g/mol. The molecule has 0 radical (unpaired) electrons. The first-order chi connectivity index (χ1) is 6.86. The summed E-state index contributed by atoms with van der Waals surface area (Å²) in [6.45, 7) is 6.56. The average Bonchev–Trinajstić information content (AvgIpc) is 2.15. The van der Waals surface area contributed by atoms with E-state index in [1.54, 1.807) is 7.11 Å². The van der Waals surface area contributed by atoms with E-state index in [0.717, 1.165) is 0 Å². The number of hydrogen-bond donors (Lipinski definition) is 0. The van der Waals surface area contributed by atoms with Gasteiger partial charge in [0.1, 0.15) is 5.75 Å². The van der Waals surface area contributed by atoms with Crippen molar-refractivity contribution in [3.63, 3.8) is 0 Å². The Kier molecular flexibility index (Phi) is 4.07. The van der Waals surface area contributed by atoms with Gasteiger partial charge in [-0.1, -0.05) is 54.4 Å². The smallest absolute Gasteiger partial charge is 0.137 e. The summed E-state index contributed by atoms with van der Waals surface area (Å²) in [5.41, 5.74) is 1.34. The zero-order valence-electron chi connectivity index (χ0n) is 9.47. The standard InChI is InChI=1S/C12H16BrClO/c1-12(2,3)11(13)8-5-6-10(15-4)9(14)7-8/h5-7,11H,1-4H3. The molecule has 3 heteroatoms. The van der Waals surface area contributed by atoms with E-state index in [1.165, 1.54) is 5.56 Å². The first kappa shape index (κ1) is 12.9. The summed E-state index contributed by atoms with van der Waals surface area (Å²) >= 11 is 9.77. The molecule has 0 fully saturated rings. The van der Waals surface area contributed by atoms with Gasteiger partial charge in [0.2, 0.25) is 0 Å². The Labute approximate surface area is 105 Å². The summed E-state index contributed by atoms with van der Waals surface area (Å²) in [6, 6.07) is 5.89. The van der Waals surface area contributed by atoms with Gasteiger partial charge < -0.3 is 4.74 Å². The molecule has 84 valence electrons. The molecule has 0 aliphatic carbocycles. The van der Waals surface area contributed by atoms with Crippen molar-refractivity contribution in [2.75, 3.05) is 7.11 Å². The van der Waals surface area contributed by atoms with Gasteiger partial charge in [-0.2, -0.15) is 0 Å². The summed E-state index contributed by atoms with van der Waals surface area (Å²) in [5.74, 6) is 0.717. The zero-order chi connectivity index (χ0) is 11.6. The van der Waals surface area contributed by atoms with Gasteiger partial charge in [-0.15, -0.1) is 0 Å². The van der Waals surface area contributed by atoms with Gasteiger partial charge in [0.15, 0.2) is 0 Å². The number of benzene rings is 1. The van der Waals surface area contributed by atoms with Gasteiger partial charge >= 0.3 is 0 Å². The predicted octanol–water partition coefficient (Wildman–Crippen LogP) is 4.83. The fourth-order valence-corrected chi connectivity index (χ4v) is 1.89. The number of alkyl halides is 1. The van der Waals surface area contributed by atoms with Crippen LogP contribution in [0.5, 0.6) is 5.75 Å². The largest absolute Gasteiger partial charge is 0.495 e. The van der Waals surface area contributed by atoms with Crippen LogP contribution in [0.2, 0.25) is 5.02 Å². The minimum atomic E-state index is 0.165. The summed E-state index contributed by atoms with van der Waals surface area (Å²) in [7, 11) is 1.62. The molecule has 1 nitrogen and oxygen atoms in total. The van der Waals surface area contributed by atoms with Crippen molar-refractivity contribution < 1.29 is 4.74 Å². The normalized spacial score (nSPS) is 13.7. The molecule has 0 aliphatic heterocycles. The minimum Gasteiger partial charge on any atom is -0.495 e. The maximum Gasteiger partial charge on any atom is 0.137 e. The molecule has 0 amide bonds. The third-order valence-corrected chi connectivity index (χ3v) is 4.43. The molecule has 1 aromatic carbocycles. The second-order valence-corrected chi connectivity index (χ2v) is 5.95. The van der Waals surface area contributed by atoms with Crippen molar-refractivity contribution >= 4 is 27.5 Å². The van der Waals surface area contributed by atoms with E-state index >= 15 is 0 Å². The Hall–Kier alpha value is -0.210. The van der Waals surface area contributed by atoms with Crippen LogP contribution in [0.25, 0.3) is 0 Å². The van der Waals surface area contributed by atoms with Gasteiger partial charge in [0.25, 0.3) is 0 Å². The Morgan fingerprint density at radius 3 is 2.33 bits per heavy atom. The molecule has 1 unspecified atom stereocenters. The van der Waals surface area contributed by atoms with Crippen LogP contribution in [0, 0.1) is 5.41 Å². The molecule has 0 saturated heterocycles. The number of methoxy groups -OCH3 is 1. The fourth-order valence-electron chi connectivity index (χ4n) is 1.34. The van der Waals surface area contributed by atoms with Gasteiger partial charge in [-0.05, 0) is 23.1 Å². The summed E-state index contributed by atoms with van der Waals surface area (Å²) in [5, 5.41) is 0.656. The van der Waals surface area contributed by atoms with E-state index in [1.807, 2.05) is 18.2 Å². The maximum atomic E-state index is 6.08. The highest BCUT2D eigenvalue weighted by molar-refractivity contribution is 9.09. The summed E-state index contributed by atoms with van der Waals surface area (Å²) < 4.78 is 5.12. The second-order valence-electron chi connectivity index (χ2n) is 4.62. The van der Waals surface area contributed by atoms with E-state index in [-0.39, 0.29) is 10.2 Å². The number of hydrogen-bond acceptors (Lipinski definition) is 1. The van der Waals surface area contributed by atoms with Crippen LogP contribution in [0.4, 0.5) is 0 Å². The van der Waals surface area contributed by atoms with E-state index in [2.05, 4.69) is 36.7 Å². The van der Waals surface area contributed by atoms with Crippen LogP contribution in [-0.2, 0) is 0 Å². The molecule has 1 aromatic rings. The molecule has 0 aromatic heterocycles. The number of rotatable bonds is 2. The zero-order valence-corrected chi connectivity index (χ0v) is 11.8. The summed E-state index contributed by atoms with van der Waals surface area (Å²) in [6.07, 6.45) is 0. The molecule has 0 bridgehead atoms. The van der Waals surface area contributed by atoms with Crippen LogP contribution in [-0.4, -0.2) is 7.11 Å². The lowest BCUT2D eigenvalue weighted by atomic mass is 9.88. The Morgan fingerprint density at radius 1 is 1.33 bits per heavy atom. The highest BCUT2D eigenvalue weighted by Gasteiger charge is 2.23. The first-order valence-corrected chi connectivity index (χ1v) is 6.13. The molecule has 15 heavy (non-hydrogen) atoms. The lowest BCUT2D eigenvalue weighted by Crippen LogP contribution is -2.12. The molecule has 1 atom stereocenters. The van der Waals surface area contributed by atoms with Crippen molar-refractivity contribution in [1.29, 1.82) is 0 Å². The topological polar surface area (TPSA) is 9.23 Å². The quantitative estimate of drug-likeness (QED) is 0.709. The lowest BCUT2D eigenvalue weighted by Gasteiger charge is -2.26. The van der Waals surface area contributed by atoms with E-state index in [9.17, 15) is 0 Å². The summed E-state index contributed by atoms with van der Waals surface area (Å²) in [4.78, 5) is 0.286. The first-order valence-electron chi connectivity index (χ1n) is 4.83. The highest BCUT2D eigenvalue weighted by Crippen LogP contribution is 2.41. The second kappa shape index (κ2) is 4.75. The van der Waals surface area contributed by atoms with E-state index in [0.29, 0.717) is 10.8 Å². The van der Waals surface area contributed by atoms with Crippen LogP contribution in [0.15, 0.2) is 18.2 Å². The monoisotopic (exact) mass is 290 g/mol. The van der Waals surface area contributed by atoms with Gasteiger partial charge in [0.05, 0.1) is 12.1 Å². The molecule has 0 saturated carbocycles. The van der Waals surface area contributed by atoms with Crippen molar-refractivity contribution in [3.8, 4) is 5.75 Å². The van der Waals surface area contributed by atoms with E-state index in [4.69, 9.17) is 16.3 Å². The van der Waals surface area contributed by atoms with Crippen LogP contribution in [0.3, 0.4) is 0 Å². The SMILES string of the molecule is COc1ccc(C(Br)C(C)(C)C)cc1Cl. The van der Waals surface area contributed by atoms with Gasteiger partial charge in [-0.25, -0.2) is 0 Å². The third-order valence-electron chi connectivity index (χ3n) is 2.23. The number of ether oxygens (including phenoxy) is 1. The minimum absolute atomic E-state index is 0.165. The molecule has 1 rings (SSSR count). The van der Waals surface area contributed by atoms with Gasteiger partial charge in [0, 0.05) is 4.83 Å². The van der Waals surface area contributed by atoms with Crippen LogP contribution < -0.4 is 4.74 Å². The van der Waals surface area contributed by atoms with Crippen LogP contribution >= 0.6 is 27.5 Å². The van der Waals surface area contributed by atoms with Crippen molar-refractivity contribution in [3.05, 3.63) is 28.8 Å². The van der Waals surface area contributed by atoms with Gasteiger partial charge in [-0.3, -0.25) is 0 Å². The molecule has 0 heterocycles. The fraction of sp³-hybridized carbons (Fsp3) is 0.500. The van der Waals surface area contributed by atoms with E-state index < -0.39 is 0 Å². The highest BCUT2D eigenvalue weighted by atomic mass is 79.9. The Morgan fingerprint density at radius 2 is 1.93 bits per heavy atom. The van der Waals surface area contributed by atoms with Crippen molar-refractivity contribution in [2.24, 2.45) is 5.41 Å². The maximum absolute atomic E-state index is 6.08. The molecule has 0 aliphatic rings. The number of halogens is 2. The average molecular weight is 292 g/mol. The van der Waals surface area contributed by atoms with Crippen molar-refractivity contribution in [2.45, 2.75) is 25.6 Å². The Bertz CT molecular complexity index is 344.